The van der Waals surface area contributed by atoms with Crippen LogP contribution in [0.15, 0.2) is 122 Å². The summed E-state index contributed by atoms with van der Waals surface area (Å²) in [5.41, 5.74) is 5.70. The first-order valence-electron chi connectivity index (χ1n) is 13.1. The molecule has 3 aromatic heterocycles. The zero-order valence-electron chi connectivity index (χ0n) is 22.6. The topological polar surface area (TPSA) is 69.9 Å². The molecule has 6 aromatic rings. The van der Waals surface area contributed by atoms with Crippen molar-refractivity contribution >= 4 is 17.1 Å². The number of pyridine rings is 2. The van der Waals surface area contributed by atoms with Crippen LogP contribution < -0.4 is 9.47 Å². The fourth-order valence-corrected chi connectivity index (χ4v) is 5.08. The summed E-state index contributed by atoms with van der Waals surface area (Å²) < 4.78 is 12.4. The Bertz CT molecular complexity index is 1860. The molecule has 6 rings (SSSR count). The van der Waals surface area contributed by atoms with Crippen molar-refractivity contribution in [2.24, 2.45) is 0 Å². The average Bonchev–Trinajstić information content (AvgIpc) is 3.39. The molecule has 3 heterocycles. The van der Waals surface area contributed by atoms with Crippen LogP contribution in [0, 0.1) is 0 Å². The SMILES string of the molecule is COc1ccc(C(=O)c2c(-c3ccccc3)c(C(=O)c3ccc(OC)cc3)n3ccc(-c4ccncc4)cc23)cc1. The lowest BCUT2D eigenvalue weighted by Crippen LogP contribution is -2.07. The van der Waals surface area contributed by atoms with E-state index in [-0.39, 0.29) is 11.6 Å². The third kappa shape index (κ3) is 4.76. The average molecular weight is 539 g/mol. The van der Waals surface area contributed by atoms with Crippen molar-refractivity contribution in [3.05, 3.63) is 144 Å². The molecule has 0 bridgehead atoms. The first-order valence-corrected chi connectivity index (χ1v) is 13.1. The van der Waals surface area contributed by atoms with Gasteiger partial charge < -0.3 is 13.9 Å². The van der Waals surface area contributed by atoms with Gasteiger partial charge in [-0.1, -0.05) is 30.3 Å². The number of ether oxygens (including phenoxy) is 2. The molecule has 6 nitrogen and oxygen atoms in total. The molecule has 0 aliphatic heterocycles. The molecule has 0 radical (unpaired) electrons. The molecule has 0 aliphatic rings. The molecule has 6 heteroatoms. The second-order valence-corrected chi connectivity index (χ2v) is 9.49. The van der Waals surface area contributed by atoms with Crippen molar-refractivity contribution in [3.63, 3.8) is 0 Å². The summed E-state index contributed by atoms with van der Waals surface area (Å²) in [5.74, 6) is 0.917. The smallest absolute Gasteiger partial charge is 0.210 e. The van der Waals surface area contributed by atoms with E-state index >= 15 is 0 Å². The number of benzene rings is 3. The van der Waals surface area contributed by atoms with E-state index < -0.39 is 0 Å². The normalized spacial score (nSPS) is 10.9. The Kier molecular flexibility index (Phi) is 6.88. The summed E-state index contributed by atoms with van der Waals surface area (Å²) in [4.78, 5) is 32.8. The maximum atomic E-state index is 14.4. The fraction of sp³-hybridized carbons (Fsp3) is 0.0571. The van der Waals surface area contributed by atoms with Gasteiger partial charge in [0.15, 0.2) is 5.78 Å². The largest absolute Gasteiger partial charge is 0.497 e. The molecule has 0 atom stereocenters. The molecule has 0 saturated carbocycles. The lowest BCUT2D eigenvalue weighted by atomic mass is 9.92. The van der Waals surface area contributed by atoms with E-state index in [4.69, 9.17) is 9.47 Å². The summed E-state index contributed by atoms with van der Waals surface area (Å²) in [6.07, 6.45) is 5.32. The second kappa shape index (κ2) is 10.9. The molecule has 0 unspecified atom stereocenters. The number of hydrogen-bond donors (Lipinski definition) is 0. The van der Waals surface area contributed by atoms with Crippen LogP contribution in [-0.4, -0.2) is 35.2 Å². The maximum absolute atomic E-state index is 14.4. The van der Waals surface area contributed by atoms with Gasteiger partial charge in [-0.3, -0.25) is 14.6 Å². The van der Waals surface area contributed by atoms with Crippen molar-refractivity contribution in [2.45, 2.75) is 0 Å². The van der Waals surface area contributed by atoms with Crippen LogP contribution in [0.4, 0.5) is 0 Å². The van der Waals surface area contributed by atoms with E-state index in [1.165, 1.54) is 0 Å². The number of rotatable bonds is 8. The van der Waals surface area contributed by atoms with Gasteiger partial charge in [-0.25, -0.2) is 0 Å². The van der Waals surface area contributed by atoms with Crippen LogP contribution in [0.25, 0.3) is 27.8 Å². The minimum absolute atomic E-state index is 0.190. The molecule has 0 N–H and O–H groups in total. The summed E-state index contributed by atoms with van der Waals surface area (Å²) in [6.45, 7) is 0. The minimum atomic E-state index is -0.202. The predicted octanol–water partition coefficient (Wildman–Crippen LogP) is 7.15. The summed E-state index contributed by atoms with van der Waals surface area (Å²) in [5, 5.41) is 0. The number of ketones is 2. The Balaban J connectivity index is 1.66. The highest BCUT2D eigenvalue weighted by atomic mass is 16.5. The third-order valence-corrected chi connectivity index (χ3v) is 7.16. The Labute approximate surface area is 237 Å². The molecular formula is C35H26N2O4. The van der Waals surface area contributed by atoms with Gasteiger partial charge in [0.25, 0.3) is 0 Å². The van der Waals surface area contributed by atoms with Crippen LogP contribution in [-0.2, 0) is 0 Å². The summed E-state index contributed by atoms with van der Waals surface area (Å²) in [6, 6.07) is 31.3. The van der Waals surface area contributed by atoms with Crippen LogP contribution in [0.3, 0.4) is 0 Å². The van der Waals surface area contributed by atoms with Gasteiger partial charge in [-0.15, -0.1) is 0 Å². The monoisotopic (exact) mass is 538 g/mol. The standard InChI is InChI=1S/C35H26N2O4/c1-40-28-12-8-25(9-13-28)34(38)32-30-22-27(23-16-19-36-20-17-23)18-21-37(30)33(31(32)24-6-4-3-5-7-24)35(39)26-10-14-29(41-2)15-11-26/h3-22H,1-2H3. The number of aromatic nitrogens is 2. The Morgan fingerprint density at radius 3 is 1.80 bits per heavy atom. The molecule has 0 fully saturated rings. The number of nitrogens with zero attached hydrogens (tertiary/aromatic N) is 2. The Hall–Kier alpha value is -5.49. The van der Waals surface area contributed by atoms with Gasteiger partial charge in [-0.2, -0.15) is 0 Å². The lowest BCUT2D eigenvalue weighted by molar-refractivity contribution is 0.103. The number of hydrogen-bond acceptors (Lipinski definition) is 5. The van der Waals surface area contributed by atoms with Crippen molar-refractivity contribution in [2.75, 3.05) is 14.2 Å². The minimum Gasteiger partial charge on any atom is -0.497 e. The molecule has 200 valence electrons. The first kappa shape index (κ1) is 25.8. The van der Waals surface area contributed by atoms with Crippen molar-refractivity contribution in [3.8, 4) is 33.8 Å². The number of methoxy groups -OCH3 is 2. The molecule has 0 spiro atoms. The van der Waals surface area contributed by atoms with Crippen LogP contribution in [0.5, 0.6) is 11.5 Å². The zero-order valence-corrected chi connectivity index (χ0v) is 22.6. The highest BCUT2D eigenvalue weighted by Crippen LogP contribution is 2.38. The van der Waals surface area contributed by atoms with Gasteiger partial charge in [-0.05, 0) is 89.5 Å². The van der Waals surface area contributed by atoms with Gasteiger partial charge in [0.1, 0.15) is 17.2 Å². The zero-order chi connectivity index (χ0) is 28.3. The van der Waals surface area contributed by atoms with Crippen molar-refractivity contribution < 1.29 is 19.1 Å². The van der Waals surface area contributed by atoms with Gasteiger partial charge in [0.2, 0.25) is 5.78 Å². The van der Waals surface area contributed by atoms with E-state index in [9.17, 15) is 9.59 Å². The quantitative estimate of drug-likeness (QED) is 0.193. The predicted molar refractivity (Wildman–Crippen MR) is 159 cm³/mol. The first-order chi connectivity index (χ1) is 20.1. The van der Waals surface area contributed by atoms with Crippen LogP contribution in [0.1, 0.15) is 32.0 Å². The highest BCUT2D eigenvalue weighted by molar-refractivity contribution is 6.23. The van der Waals surface area contributed by atoms with Crippen molar-refractivity contribution in [1.29, 1.82) is 0 Å². The van der Waals surface area contributed by atoms with Gasteiger partial charge in [0, 0.05) is 35.3 Å². The number of carbonyl (C=O) groups excluding carboxylic acids is 2. The molecule has 0 amide bonds. The second-order valence-electron chi connectivity index (χ2n) is 9.49. The maximum Gasteiger partial charge on any atom is 0.210 e. The number of fused-ring (bicyclic) bond motifs is 1. The molecule has 0 aliphatic carbocycles. The Morgan fingerprint density at radius 2 is 1.22 bits per heavy atom. The summed E-state index contributed by atoms with van der Waals surface area (Å²) in [7, 11) is 3.17. The fourth-order valence-electron chi connectivity index (χ4n) is 5.08. The van der Waals surface area contributed by atoms with E-state index in [0.29, 0.717) is 45.0 Å². The molecule has 0 saturated heterocycles. The van der Waals surface area contributed by atoms with E-state index in [2.05, 4.69) is 4.98 Å². The molecule has 3 aromatic carbocycles. The van der Waals surface area contributed by atoms with E-state index in [1.54, 1.807) is 75.1 Å². The third-order valence-electron chi connectivity index (χ3n) is 7.16. The molecular weight excluding hydrogens is 512 g/mol. The van der Waals surface area contributed by atoms with Crippen LogP contribution >= 0.6 is 0 Å². The Morgan fingerprint density at radius 1 is 0.634 bits per heavy atom. The summed E-state index contributed by atoms with van der Waals surface area (Å²) >= 11 is 0. The van der Waals surface area contributed by atoms with Crippen molar-refractivity contribution in [1.82, 2.24) is 9.38 Å². The highest BCUT2D eigenvalue weighted by Gasteiger charge is 2.29. The van der Waals surface area contributed by atoms with E-state index in [1.807, 2.05) is 65.2 Å². The lowest BCUT2D eigenvalue weighted by Gasteiger charge is -2.09. The van der Waals surface area contributed by atoms with E-state index in [0.717, 1.165) is 16.7 Å². The van der Waals surface area contributed by atoms with Gasteiger partial charge >= 0.3 is 0 Å². The van der Waals surface area contributed by atoms with Gasteiger partial charge in [0.05, 0.1) is 25.3 Å². The number of carbonyl (C=O) groups is 2. The van der Waals surface area contributed by atoms with Crippen LogP contribution in [0.2, 0.25) is 0 Å². The molecule has 41 heavy (non-hydrogen) atoms.